The zero-order chi connectivity index (χ0) is 40.7. The third-order valence-electron chi connectivity index (χ3n) is 7.78. The highest BCUT2D eigenvalue weighted by molar-refractivity contribution is 6.69. The highest BCUT2D eigenvalue weighted by Crippen LogP contribution is 2.37. The summed E-state index contributed by atoms with van der Waals surface area (Å²) in [5.41, 5.74) is -10.2. The molecule has 24 heteroatoms. The smallest absolute Gasteiger partial charge is 0.200 e. The number of halogens is 22. The normalized spacial score (nSPS) is 12.1. The van der Waals surface area contributed by atoms with Gasteiger partial charge in [0.2, 0.25) is 11.6 Å². The van der Waals surface area contributed by atoms with Gasteiger partial charge in [0, 0.05) is 20.7 Å². The molecule has 5 aromatic rings. The summed E-state index contributed by atoms with van der Waals surface area (Å²) in [6, 6.07) is 0. The van der Waals surface area contributed by atoms with E-state index in [9.17, 15) is 79.0 Å². The Morgan fingerprint density at radius 1 is 0.148 bits per heavy atom. The van der Waals surface area contributed by atoms with Gasteiger partial charge in [0.15, 0.2) is 116 Å². The Labute approximate surface area is 286 Å². The van der Waals surface area contributed by atoms with E-state index in [-0.39, 0.29) is 0 Å². The van der Waals surface area contributed by atoms with E-state index in [2.05, 4.69) is 0 Å². The predicted molar refractivity (Wildman–Crippen MR) is 145 cm³/mol. The van der Waals surface area contributed by atoms with Crippen LogP contribution in [0.5, 0.6) is 0 Å². The molecule has 0 unspecified atom stereocenters. The van der Waals surface area contributed by atoms with Crippen molar-refractivity contribution in [3.63, 3.8) is 0 Å². The van der Waals surface area contributed by atoms with Gasteiger partial charge in [-0.15, -0.1) is 0 Å². The first-order valence-corrected chi connectivity index (χ1v) is 16.4. The van der Waals surface area contributed by atoms with Crippen LogP contribution in [0.1, 0.15) is 0 Å². The summed E-state index contributed by atoms with van der Waals surface area (Å²) in [6.07, 6.45) is 0. The summed E-state index contributed by atoms with van der Waals surface area (Å²) >= 11 is 0. The third-order valence-corrected chi connectivity index (χ3v) is 11.7. The summed E-state index contributed by atoms with van der Waals surface area (Å²) in [5, 5.41) is -8.35. The van der Waals surface area contributed by atoms with Crippen LogP contribution in [-0.2, 0) is 0 Å². The Bertz CT molecular complexity index is 2160. The third kappa shape index (κ3) is 5.79. The van der Waals surface area contributed by atoms with Gasteiger partial charge in [-0.1, -0.05) is 0 Å². The molecule has 286 valence electrons. The maximum absolute atomic E-state index is 15.1. The summed E-state index contributed by atoms with van der Waals surface area (Å²) in [5.74, 6) is -63.0. The molecule has 0 aliphatic rings. The molecule has 0 saturated carbocycles. The monoisotopic (exact) mass is 838 g/mol. The van der Waals surface area contributed by atoms with Crippen molar-refractivity contribution in [1.29, 1.82) is 0 Å². The lowest BCUT2D eigenvalue weighted by molar-refractivity contribution is 0.379. The van der Waals surface area contributed by atoms with E-state index >= 15 is 17.6 Å². The van der Waals surface area contributed by atoms with Crippen LogP contribution in [0.2, 0.25) is 0 Å². The van der Waals surface area contributed by atoms with Crippen LogP contribution in [0.3, 0.4) is 0 Å². The Balaban J connectivity index is 1.63. The molecule has 54 heavy (non-hydrogen) atoms. The minimum absolute atomic E-state index is 2.07. The van der Waals surface area contributed by atoms with E-state index in [4.69, 9.17) is 0 Å². The Morgan fingerprint density at radius 2 is 0.259 bits per heavy atom. The van der Waals surface area contributed by atoms with Crippen LogP contribution in [0.4, 0.5) is 96.6 Å². The quantitative estimate of drug-likeness (QED) is 0.0814. The zero-order valence-corrected chi connectivity index (χ0v) is 27.6. The summed E-state index contributed by atoms with van der Waals surface area (Å²) in [7, 11) is -8.02. The van der Waals surface area contributed by atoms with E-state index in [1.807, 2.05) is 0 Å². The van der Waals surface area contributed by atoms with Crippen LogP contribution >= 0.6 is 0 Å². The maximum atomic E-state index is 15.1. The lowest BCUT2D eigenvalue weighted by Crippen LogP contribution is -2.45. The average Bonchev–Trinajstić information content (AvgIpc) is 3.14. The molecule has 0 saturated heterocycles. The molecule has 0 aliphatic heterocycles. The number of benzene rings is 5. The van der Waals surface area contributed by atoms with Crippen molar-refractivity contribution in [2.24, 2.45) is 0 Å². The molecule has 0 nitrogen and oxygen atoms in total. The topological polar surface area (TPSA) is 0 Å². The van der Waals surface area contributed by atoms with Crippen LogP contribution in [0.15, 0.2) is 0 Å². The minimum Gasteiger partial charge on any atom is -0.204 e. The second-order valence-corrected chi connectivity index (χ2v) is 14.2. The molecular formula is C30H4F22Si2. The zero-order valence-electron chi connectivity index (χ0n) is 24.7. The number of hydrogen-bond donors (Lipinski definition) is 0. The fraction of sp³-hybridized carbons (Fsp3) is 0. The number of rotatable bonds is 6. The Morgan fingerprint density at radius 3 is 0.426 bits per heavy atom. The van der Waals surface area contributed by atoms with Gasteiger partial charge in [0.05, 0.1) is 22.3 Å². The molecule has 0 radical (unpaired) electrons. The van der Waals surface area contributed by atoms with Crippen LogP contribution in [0, 0.1) is 128 Å². The largest absolute Gasteiger partial charge is 0.204 e. The first-order valence-electron chi connectivity index (χ1n) is 13.6. The fourth-order valence-corrected chi connectivity index (χ4v) is 8.33. The van der Waals surface area contributed by atoms with Crippen molar-refractivity contribution in [2.45, 2.75) is 0 Å². The highest BCUT2D eigenvalue weighted by atomic mass is 28.2. The predicted octanol–water partition coefficient (Wildman–Crippen LogP) is 6.32. The van der Waals surface area contributed by atoms with Gasteiger partial charge in [-0.25, -0.2) is 96.6 Å². The van der Waals surface area contributed by atoms with Crippen molar-refractivity contribution in [3.8, 4) is 22.3 Å². The van der Waals surface area contributed by atoms with Gasteiger partial charge in [-0.3, -0.25) is 0 Å². The average molecular weight is 838 g/mol. The Kier molecular flexibility index (Phi) is 10.4. The number of hydrogen-bond acceptors (Lipinski definition) is 0. The molecule has 0 aromatic heterocycles. The molecule has 0 fully saturated rings. The van der Waals surface area contributed by atoms with E-state index < -0.39 is 190 Å². The fourth-order valence-electron chi connectivity index (χ4n) is 5.14. The molecule has 0 N–H and O–H groups in total. The van der Waals surface area contributed by atoms with Crippen molar-refractivity contribution >= 4 is 39.8 Å². The first-order chi connectivity index (χ1) is 25.0. The molecule has 0 aliphatic carbocycles. The van der Waals surface area contributed by atoms with Crippen molar-refractivity contribution in [1.82, 2.24) is 0 Å². The van der Waals surface area contributed by atoms with Gasteiger partial charge in [-0.05, 0) is 0 Å². The molecule has 0 atom stereocenters. The maximum Gasteiger partial charge on any atom is 0.200 e. The minimum atomic E-state index is -4.01. The van der Waals surface area contributed by atoms with E-state index in [0.717, 1.165) is 0 Å². The molecule has 0 bridgehead atoms. The lowest BCUT2D eigenvalue weighted by Gasteiger charge is -2.17. The van der Waals surface area contributed by atoms with E-state index in [1.54, 1.807) is 0 Å². The van der Waals surface area contributed by atoms with Gasteiger partial charge in [0.1, 0.15) is 19.0 Å². The SMILES string of the molecule is Fc1c(F)c(F)c(-c2c(F)c(F)c([SiH2]c3c(F)c(F)c([SiH2]c4c(F)c(F)c(-c5c(F)c(F)c(F)c(F)c5F)c(F)c4F)c(F)c3F)c(F)c2F)c(F)c1F. The van der Waals surface area contributed by atoms with Crippen molar-refractivity contribution in [3.05, 3.63) is 128 Å². The van der Waals surface area contributed by atoms with Gasteiger partial charge in [0.25, 0.3) is 0 Å². The lowest BCUT2D eigenvalue weighted by atomic mass is 10.0. The van der Waals surface area contributed by atoms with Crippen LogP contribution in [0.25, 0.3) is 22.3 Å². The second kappa shape index (κ2) is 14.0. The van der Waals surface area contributed by atoms with Gasteiger partial charge in [-0.2, -0.15) is 0 Å². The molecule has 5 rings (SSSR count). The summed E-state index contributed by atoms with van der Waals surface area (Å²) in [4.78, 5) is 0. The van der Waals surface area contributed by atoms with Crippen molar-refractivity contribution in [2.75, 3.05) is 0 Å². The molecule has 0 spiro atoms. The Hall–Kier alpha value is -5.01. The van der Waals surface area contributed by atoms with Gasteiger partial charge >= 0.3 is 0 Å². The van der Waals surface area contributed by atoms with Crippen molar-refractivity contribution < 1.29 is 96.6 Å². The van der Waals surface area contributed by atoms with E-state index in [0.29, 0.717) is 0 Å². The molecule has 0 amide bonds. The molecule has 5 aromatic carbocycles. The highest BCUT2D eigenvalue weighted by Gasteiger charge is 2.38. The standard InChI is InChI=1S/C30H4F22Si2/c31-5-1(6(32)14(40)17(43)13(5)39)3-9(35)19(45)27(20(46)10(3)36)53-29-23(49)25(51)30(26(52)24(29)50)54-28-21(47)11(37)4(12(38)22(28)48)2-7(33)15(41)18(44)16(42)8(2)34/h53-54H2. The second-order valence-electron chi connectivity index (χ2n) is 10.7. The summed E-state index contributed by atoms with van der Waals surface area (Å²) < 4.78 is 318. The van der Waals surface area contributed by atoms with Crippen LogP contribution in [-0.4, -0.2) is 19.0 Å². The molecule has 0 heterocycles. The molecular weight excluding hydrogens is 834 g/mol. The van der Waals surface area contributed by atoms with Gasteiger partial charge < -0.3 is 0 Å². The van der Waals surface area contributed by atoms with Crippen LogP contribution < -0.4 is 20.7 Å². The first kappa shape index (κ1) is 40.2. The van der Waals surface area contributed by atoms with E-state index in [1.165, 1.54) is 0 Å². The summed E-state index contributed by atoms with van der Waals surface area (Å²) in [6.45, 7) is 0.